The molecule has 28 heavy (non-hydrogen) atoms. The van der Waals surface area contributed by atoms with E-state index in [0.717, 1.165) is 13.0 Å². The second-order valence-electron chi connectivity index (χ2n) is 7.61. The molecular weight excluding hydrogens is 378 g/mol. The maximum Gasteiger partial charge on any atom is 0.243 e. The number of hydrogen-bond donors (Lipinski definition) is 1. The number of ether oxygens (including phenoxy) is 1. The lowest BCUT2D eigenvalue weighted by atomic mass is 9.82. The highest BCUT2D eigenvalue weighted by Gasteiger charge is 2.35. The van der Waals surface area contributed by atoms with E-state index in [1.807, 2.05) is 19.0 Å². The summed E-state index contributed by atoms with van der Waals surface area (Å²) in [5.74, 6) is 1.08. The van der Waals surface area contributed by atoms with Crippen LogP contribution >= 0.6 is 0 Å². The topological polar surface area (TPSA) is 78.9 Å². The molecular formula is C20H33N3O4S. The predicted octanol–water partition coefficient (Wildman–Crippen LogP) is 1.80. The maximum absolute atomic E-state index is 13.0. The molecule has 1 aliphatic rings. The van der Waals surface area contributed by atoms with Crippen LogP contribution in [0.5, 0.6) is 5.75 Å². The minimum absolute atomic E-state index is 0.0526. The smallest absolute Gasteiger partial charge is 0.243 e. The van der Waals surface area contributed by atoms with Crippen LogP contribution in [-0.2, 0) is 14.8 Å². The van der Waals surface area contributed by atoms with E-state index >= 15 is 0 Å². The molecule has 0 radical (unpaired) electrons. The Labute approximate surface area is 169 Å². The molecule has 1 fully saturated rings. The average Bonchev–Trinajstić information content (AvgIpc) is 2.67. The Morgan fingerprint density at radius 1 is 1.25 bits per heavy atom. The van der Waals surface area contributed by atoms with Gasteiger partial charge in [0.15, 0.2) is 0 Å². The van der Waals surface area contributed by atoms with Gasteiger partial charge in [-0.1, -0.05) is 13.3 Å². The van der Waals surface area contributed by atoms with Crippen molar-refractivity contribution in [3.05, 3.63) is 24.3 Å². The molecule has 1 N–H and O–H groups in total. The van der Waals surface area contributed by atoms with E-state index in [0.29, 0.717) is 38.2 Å². The monoisotopic (exact) mass is 411 g/mol. The van der Waals surface area contributed by atoms with E-state index in [1.54, 1.807) is 35.7 Å². The van der Waals surface area contributed by atoms with Gasteiger partial charge in [-0.2, -0.15) is 4.31 Å². The molecule has 2 rings (SSSR count). The molecule has 1 aliphatic heterocycles. The zero-order chi connectivity index (χ0) is 20.7. The number of nitrogens with one attached hydrogen (secondary N) is 1. The molecule has 1 aromatic carbocycles. The van der Waals surface area contributed by atoms with E-state index in [2.05, 4.69) is 12.2 Å². The summed E-state index contributed by atoms with van der Waals surface area (Å²) in [6.45, 7) is 4.40. The number of sulfonamides is 1. The van der Waals surface area contributed by atoms with E-state index in [4.69, 9.17) is 4.74 Å². The number of carbonyl (C=O) groups excluding carboxylic acids is 1. The fourth-order valence-corrected chi connectivity index (χ4v) is 5.13. The molecule has 0 saturated carbocycles. The van der Waals surface area contributed by atoms with Crippen LogP contribution in [0.2, 0.25) is 0 Å². The number of amides is 1. The first kappa shape index (κ1) is 22.6. The van der Waals surface area contributed by atoms with Gasteiger partial charge in [0, 0.05) is 32.6 Å². The number of nitrogens with zero attached hydrogens (tertiary/aromatic N) is 2. The highest BCUT2D eigenvalue weighted by molar-refractivity contribution is 7.89. The van der Waals surface area contributed by atoms with Crippen molar-refractivity contribution >= 4 is 15.9 Å². The highest BCUT2D eigenvalue weighted by Crippen LogP contribution is 2.32. The summed E-state index contributed by atoms with van der Waals surface area (Å²) in [5, 5.41) is 2.96. The Balaban J connectivity index is 1.98. The molecule has 1 saturated heterocycles. The molecule has 1 aromatic rings. The lowest BCUT2D eigenvalue weighted by molar-refractivity contribution is -0.122. The summed E-state index contributed by atoms with van der Waals surface area (Å²) < 4.78 is 32.6. The summed E-state index contributed by atoms with van der Waals surface area (Å²) in [6, 6.07) is 6.49. The Morgan fingerprint density at radius 3 is 2.50 bits per heavy atom. The first-order chi connectivity index (χ1) is 13.3. The number of carbonyl (C=O) groups is 1. The lowest BCUT2D eigenvalue weighted by Crippen LogP contribution is -2.45. The van der Waals surface area contributed by atoms with Gasteiger partial charge in [0.1, 0.15) is 5.75 Å². The van der Waals surface area contributed by atoms with E-state index < -0.39 is 10.0 Å². The van der Waals surface area contributed by atoms with Crippen LogP contribution in [0.25, 0.3) is 0 Å². The fraction of sp³-hybridized carbons (Fsp3) is 0.650. The molecule has 0 aliphatic carbocycles. The summed E-state index contributed by atoms with van der Waals surface area (Å²) in [6.07, 6.45) is 2.02. The first-order valence-electron chi connectivity index (χ1n) is 9.83. The molecule has 2 unspecified atom stereocenters. The molecule has 0 spiro atoms. The molecule has 0 aromatic heterocycles. The Morgan fingerprint density at radius 2 is 1.93 bits per heavy atom. The zero-order valence-electron chi connectivity index (χ0n) is 17.3. The molecule has 8 heteroatoms. The fourth-order valence-electron chi connectivity index (χ4n) is 3.62. The number of likely N-dealkylation sites (N-methyl/N-ethyl adjacent to an activating group) is 1. The summed E-state index contributed by atoms with van der Waals surface area (Å²) >= 11 is 0. The van der Waals surface area contributed by atoms with E-state index in [9.17, 15) is 13.2 Å². The van der Waals surface area contributed by atoms with Crippen molar-refractivity contribution in [2.75, 3.05) is 47.4 Å². The molecule has 2 atom stereocenters. The van der Waals surface area contributed by atoms with Gasteiger partial charge in [-0.25, -0.2) is 8.42 Å². The van der Waals surface area contributed by atoms with Gasteiger partial charge in [-0.3, -0.25) is 4.79 Å². The van der Waals surface area contributed by atoms with E-state index in [1.165, 1.54) is 0 Å². The summed E-state index contributed by atoms with van der Waals surface area (Å²) in [5.41, 5.74) is 0. The van der Waals surface area contributed by atoms with Crippen molar-refractivity contribution in [3.8, 4) is 5.75 Å². The Kier molecular flexibility index (Phi) is 8.27. The Bertz CT molecular complexity index is 734. The van der Waals surface area contributed by atoms with Gasteiger partial charge in [0.2, 0.25) is 15.9 Å². The number of hydrogen-bond acceptors (Lipinski definition) is 5. The van der Waals surface area contributed by atoms with Crippen LogP contribution < -0.4 is 10.1 Å². The SMILES string of the molecule is CCC1CN(S(=O)(=O)c2ccc(OC)cc2)CCC1CC(=O)NCCN(C)C. The minimum Gasteiger partial charge on any atom is -0.497 e. The average molecular weight is 412 g/mol. The second kappa shape index (κ2) is 10.2. The van der Waals surface area contributed by atoms with Crippen molar-refractivity contribution < 1.29 is 17.9 Å². The molecule has 158 valence electrons. The number of methoxy groups -OCH3 is 1. The standard InChI is InChI=1S/C20H33N3O4S/c1-5-16-15-23(28(25,26)19-8-6-18(27-4)7-9-19)12-10-17(16)14-20(24)21-11-13-22(2)3/h6-9,16-17H,5,10-15H2,1-4H3,(H,21,24). The molecule has 7 nitrogen and oxygen atoms in total. The van der Waals surface area contributed by atoms with Gasteiger partial charge in [-0.05, 0) is 56.6 Å². The largest absolute Gasteiger partial charge is 0.497 e. The quantitative estimate of drug-likeness (QED) is 0.670. The van der Waals surface area contributed by atoms with Gasteiger partial charge < -0.3 is 15.0 Å². The van der Waals surface area contributed by atoms with Crippen LogP contribution in [0.4, 0.5) is 0 Å². The van der Waals surface area contributed by atoms with Crippen molar-refractivity contribution in [1.82, 2.24) is 14.5 Å². The van der Waals surface area contributed by atoms with Gasteiger partial charge in [0.25, 0.3) is 0 Å². The predicted molar refractivity (Wildman–Crippen MR) is 110 cm³/mol. The van der Waals surface area contributed by atoms with Gasteiger partial charge in [0.05, 0.1) is 12.0 Å². The van der Waals surface area contributed by atoms with Crippen LogP contribution in [0.3, 0.4) is 0 Å². The van der Waals surface area contributed by atoms with Crippen LogP contribution in [0.1, 0.15) is 26.2 Å². The third-order valence-electron chi connectivity index (χ3n) is 5.40. The molecule has 0 bridgehead atoms. The van der Waals surface area contributed by atoms with Gasteiger partial charge in [-0.15, -0.1) is 0 Å². The van der Waals surface area contributed by atoms with Crippen molar-refractivity contribution in [3.63, 3.8) is 0 Å². The molecule has 1 amide bonds. The number of piperidine rings is 1. The molecule has 1 heterocycles. The van der Waals surface area contributed by atoms with Crippen LogP contribution in [-0.4, -0.2) is 70.9 Å². The van der Waals surface area contributed by atoms with Crippen molar-refractivity contribution in [2.24, 2.45) is 11.8 Å². The number of benzene rings is 1. The lowest BCUT2D eigenvalue weighted by Gasteiger charge is -2.37. The Hall–Kier alpha value is -1.64. The van der Waals surface area contributed by atoms with Crippen molar-refractivity contribution in [2.45, 2.75) is 31.1 Å². The number of rotatable bonds is 9. The zero-order valence-corrected chi connectivity index (χ0v) is 18.2. The van der Waals surface area contributed by atoms with Gasteiger partial charge >= 0.3 is 0 Å². The normalized spacial score (nSPS) is 20.9. The first-order valence-corrected chi connectivity index (χ1v) is 11.3. The minimum atomic E-state index is -3.53. The third-order valence-corrected chi connectivity index (χ3v) is 7.28. The van der Waals surface area contributed by atoms with E-state index in [-0.39, 0.29) is 22.6 Å². The highest BCUT2D eigenvalue weighted by atomic mass is 32.2. The van der Waals surface area contributed by atoms with Crippen molar-refractivity contribution in [1.29, 1.82) is 0 Å². The van der Waals surface area contributed by atoms with Crippen LogP contribution in [0, 0.1) is 11.8 Å². The third kappa shape index (κ3) is 5.93. The summed E-state index contributed by atoms with van der Waals surface area (Å²) in [7, 11) is 1.96. The second-order valence-corrected chi connectivity index (χ2v) is 9.55. The maximum atomic E-state index is 13.0. The summed E-state index contributed by atoms with van der Waals surface area (Å²) in [4.78, 5) is 14.5. The van der Waals surface area contributed by atoms with Crippen LogP contribution in [0.15, 0.2) is 29.2 Å².